The molecule has 0 radical (unpaired) electrons. The fraction of sp³-hybridized carbons (Fsp3) is 0.800. The molecule has 1 heterocycles. The zero-order valence-corrected chi connectivity index (χ0v) is 9.77. The van der Waals surface area contributed by atoms with E-state index in [-0.39, 0.29) is 5.69 Å². The van der Waals surface area contributed by atoms with E-state index in [1.54, 1.807) is 4.57 Å². The van der Waals surface area contributed by atoms with E-state index in [0.717, 1.165) is 12.8 Å². The Balaban J connectivity index is 2.36. The number of aromatic amines is 2. The molecule has 0 bridgehead atoms. The van der Waals surface area contributed by atoms with Gasteiger partial charge in [-0.25, -0.2) is 9.89 Å². The highest BCUT2D eigenvalue weighted by Crippen LogP contribution is 2.34. The van der Waals surface area contributed by atoms with Crippen molar-refractivity contribution in [3.05, 3.63) is 15.3 Å². The maximum absolute atomic E-state index is 11.6. The Morgan fingerprint density at radius 1 is 1.40 bits per heavy atom. The highest BCUT2D eigenvalue weighted by atomic mass is 32.1. The van der Waals surface area contributed by atoms with Crippen molar-refractivity contribution < 1.29 is 0 Å². The maximum atomic E-state index is 11.6. The van der Waals surface area contributed by atoms with Gasteiger partial charge in [0, 0.05) is 6.04 Å². The van der Waals surface area contributed by atoms with Gasteiger partial charge in [-0.2, -0.15) is 0 Å². The van der Waals surface area contributed by atoms with Gasteiger partial charge >= 0.3 is 5.69 Å². The number of hydrogen-bond acceptors (Lipinski definition) is 2. The lowest BCUT2D eigenvalue weighted by Crippen LogP contribution is -2.30. The Labute approximate surface area is 93.7 Å². The third-order valence-electron chi connectivity index (χ3n) is 3.44. The first-order valence-electron chi connectivity index (χ1n) is 5.63. The molecule has 0 aliphatic heterocycles. The Kier molecular flexibility index (Phi) is 3.09. The molecule has 2 unspecified atom stereocenters. The van der Waals surface area contributed by atoms with Crippen LogP contribution < -0.4 is 5.69 Å². The minimum absolute atomic E-state index is 0.0923. The van der Waals surface area contributed by atoms with Crippen LogP contribution >= 0.6 is 12.2 Å². The summed E-state index contributed by atoms with van der Waals surface area (Å²) in [6.45, 7) is 2.19. The smallest absolute Gasteiger partial charge is 0.272 e. The second-order valence-electron chi connectivity index (χ2n) is 4.25. The predicted molar refractivity (Wildman–Crippen MR) is 61.5 cm³/mol. The lowest BCUT2D eigenvalue weighted by atomic mass is 9.83. The molecule has 0 amide bonds. The molecule has 15 heavy (non-hydrogen) atoms. The Bertz CT molecular complexity index is 403. The third-order valence-corrected chi connectivity index (χ3v) is 3.74. The SMILES string of the molecule is CCC1CCCCC1n1c(=O)[nH][nH]c1=S. The summed E-state index contributed by atoms with van der Waals surface area (Å²) in [6.07, 6.45) is 5.90. The number of nitrogens with zero attached hydrogens (tertiary/aromatic N) is 1. The number of nitrogens with one attached hydrogen (secondary N) is 2. The van der Waals surface area contributed by atoms with Gasteiger partial charge in [-0.15, -0.1) is 0 Å². The Morgan fingerprint density at radius 2 is 2.13 bits per heavy atom. The van der Waals surface area contributed by atoms with Crippen molar-refractivity contribution in [2.24, 2.45) is 5.92 Å². The van der Waals surface area contributed by atoms with Crippen molar-refractivity contribution in [2.75, 3.05) is 0 Å². The largest absolute Gasteiger partial charge is 0.342 e. The van der Waals surface area contributed by atoms with Crippen molar-refractivity contribution in [1.29, 1.82) is 0 Å². The molecule has 1 fully saturated rings. The average Bonchev–Trinajstić information content (AvgIpc) is 2.59. The lowest BCUT2D eigenvalue weighted by Gasteiger charge is -2.30. The van der Waals surface area contributed by atoms with Gasteiger partial charge in [0.25, 0.3) is 0 Å². The maximum Gasteiger partial charge on any atom is 0.342 e. The van der Waals surface area contributed by atoms with Gasteiger partial charge in [0.15, 0.2) is 4.77 Å². The van der Waals surface area contributed by atoms with E-state index in [2.05, 4.69) is 17.1 Å². The third kappa shape index (κ3) is 1.93. The van der Waals surface area contributed by atoms with Gasteiger partial charge in [0.05, 0.1) is 0 Å². The number of rotatable bonds is 2. The molecule has 5 heteroatoms. The van der Waals surface area contributed by atoms with Crippen LogP contribution in [0.2, 0.25) is 0 Å². The van der Waals surface area contributed by atoms with Crippen LogP contribution in [0, 0.1) is 10.7 Å². The monoisotopic (exact) mass is 227 g/mol. The first-order chi connectivity index (χ1) is 7.24. The molecule has 84 valence electrons. The molecule has 1 aromatic rings. The molecule has 1 saturated carbocycles. The molecule has 2 N–H and O–H groups in total. The number of aromatic nitrogens is 3. The quantitative estimate of drug-likeness (QED) is 0.762. The molecular formula is C10H17N3OS. The van der Waals surface area contributed by atoms with Crippen LogP contribution in [0.15, 0.2) is 4.79 Å². The van der Waals surface area contributed by atoms with Gasteiger partial charge < -0.3 is 0 Å². The van der Waals surface area contributed by atoms with Crippen LogP contribution in [0.3, 0.4) is 0 Å². The van der Waals surface area contributed by atoms with Gasteiger partial charge in [0.2, 0.25) is 0 Å². The number of H-pyrrole nitrogens is 2. The molecule has 2 rings (SSSR count). The van der Waals surface area contributed by atoms with Crippen molar-refractivity contribution in [3.8, 4) is 0 Å². The molecule has 0 spiro atoms. The van der Waals surface area contributed by atoms with Crippen LogP contribution in [0.5, 0.6) is 0 Å². The molecule has 0 aromatic carbocycles. The van der Waals surface area contributed by atoms with E-state index in [1.165, 1.54) is 19.3 Å². The summed E-state index contributed by atoms with van der Waals surface area (Å²) in [5.74, 6) is 0.599. The first-order valence-corrected chi connectivity index (χ1v) is 6.04. The summed E-state index contributed by atoms with van der Waals surface area (Å²) in [6, 6.07) is 0.297. The van der Waals surface area contributed by atoms with Gasteiger partial charge in [-0.05, 0) is 31.0 Å². The highest BCUT2D eigenvalue weighted by molar-refractivity contribution is 7.71. The van der Waals surface area contributed by atoms with E-state index in [9.17, 15) is 4.79 Å². The predicted octanol–water partition coefficient (Wildman–Crippen LogP) is 2.38. The summed E-state index contributed by atoms with van der Waals surface area (Å²) in [4.78, 5) is 11.6. The van der Waals surface area contributed by atoms with Crippen molar-refractivity contribution in [1.82, 2.24) is 14.8 Å². The van der Waals surface area contributed by atoms with E-state index in [1.807, 2.05) is 0 Å². The van der Waals surface area contributed by atoms with Crippen LogP contribution in [-0.2, 0) is 0 Å². The lowest BCUT2D eigenvalue weighted by molar-refractivity contribution is 0.227. The topological polar surface area (TPSA) is 53.6 Å². The Hall–Kier alpha value is -0.840. The van der Waals surface area contributed by atoms with Crippen LogP contribution in [0.4, 0.5) is 0 Å². The molecule has 1 aliphatic carbocycles. The molecule has 2 atom stereocenters. The van der Waals surface area contributed by atoms with Gasteiger partial charge in [-0.1, -0.05) is 26.2 Å². The van der Waals surface area contributed by atoms with E-state index >= 15 is 0 Å². The minimum Gasteiger partial charge on any atom is -0.272 e. The Morgan fingerprint density at radius 3 is 2.73 bits per heavy atom. The van der Waals surface area contributed by atoms with Crippen LogP contribution in [-0.4, -0.2) is 14.8 Å². The van der Waals surface area contributed by atoms with Crippen molar-refractivity contribution in [2.45, 2.75) is 45.1 Å². The van der Waals surface area contributed by atoms with Gasteiger partial charge in [0.1, 0.15) is 0 Å². The summed E-state index contributed by atoms with van der Waals surface area (Å²) in [5.41, 5.74) is -0.0923. The fourth-order valence-corrected chi connectivity index (χ4v) is 2.89. The van der Waals surface area contributed by atoms with Crippen molar-refractivity contribution in [3.63, 3.8) is 0 Å². The van der Waals surface area contributed by atoms with E-state index in [4.69, 9.17) is 12.2 Å². The standard InChI is InChI=1S/C10H17N3OS/c1-2-7-5-3-4-6-8(7)13-9(14)11-12-10(13)15/h7-8H,2-6H2,1H3,(H,11,14)(H,12,15). The van der Waals surface area contributed by atoms with E-state index < -0.39 is 0 Å². The fourth-order valence-electron chi connectivity index (χ4n) is 2.63. The summed E-state index contributed by atoms with van der Waals surface area (Å²) >= 11 is 5.13. The summed E-state index contributed by atoms with van der Waals surface area (Å²) < 4.78 is 2.26. The molecule has 0 saturated heterocycles. The van der Waals surface area contributed by atoms with Gasteiger partial charge in [-0.3, -0.25) is 9.67 Å². The van der Waals surface area contributed by atoms with Crippen molar-refractivity contribution >= 4 is 12.2 Å². The van der Waals surface area contributed by atoms with Crippen LogP contribution in [0.1, 0.15) is 45.1 Å². The minimum atomic E-state index is -0.0923. The second-order valence-corrected chi connectivity index (χ2v) is 4.64. The molecule has 1 aromatic heterocycles. The summed E-state index contributed by atoms with van der Waals surface area (Å²) in [7, 11) is 0. The zero-order chi connectivity index (χ0) is 10.8. The second kappa shape index (κ2) is 4.35. The molecule has 4 nitrogen and oxygen atoms in total. The zero-order valence-electron chi connectivity index (χ0n) is 8.95. The number of hydrogen-bond donors (Lipinski definition) is 2. The van der Waals surface area contributed by atoms with E-state index in [0.29, 0.717) is 16.7 Å². The molecular weight excluding hydrogens is 210 g/mol. The highest BCUT2D eigenvalue weighted by Gasteiger charge is 2.26. The normalized spacial score (nSPS) is 26.7. The average molecular weight is 227 g/mol. The van der Waals surface area contributed by atoms with Crippen LogP contribution in [0.25, 0.3) is 0 Å². The molecule has 1 aliphatic rings. The first kappa shape index (κ1) is 10.7. The summed E-state index contributed by atoms with van der Waals surface area (Å²) in [5, 5.41) is 5.28.